The molecule has 4 aromatic rings. The van der Waals surface area contributed by atoms with Crippen LogP contribution in [0.25, 0.3) is 39.5 Å². The number of ether oxygens (including phenoxy) is 1. The van der Waals surface area contributed by atoms with Gasteiger partial charge in [0.1, 0.15) is 11.5 Å². The van der Waals surface area contributed by atoms with E-state index < -0.39 is 0 Å². The average Bonchev–Trinajstić information content (AvgIpc) is 2.83. The van der Waals surface area contributed by atoms with Crippen molar-refractivity contribution in [3.63, 3.8) is 0 Å². The normalized spacial score (nSPS) is 10.5. The van der Waals surface area contributed by atoms with Crippen LogP contribution in [-0.2, 0) is 0 Å². The van der Waals surface area contributed by atoms with E-state index in [1.54, 1.807) is 25.3 Å². The molecule has 0 spiro atoms. The SMILES string of the molecule is C=CC(=C)c1nc(-c2ccc(-c3ccccc3)cc2)nc(-c2ccc(OC)cc2O)n1. The predicted octanol–water partition coefficient (Wildman–Crippen LogP) is 5.79. The highest BCUT2D eigenvalue weighted by atomic mass is 16.5. The summed E-state index contributed by atoms with van der Waals surface area (Å²) in [6.07, 6.45) is 1.59. The van der Waals surface area contributed by atoms with Gasteiger partial charge in [-0.15, -0.1) is 0 Å². The molecule has 1 heterocycles. The molecule has 5 nitrogen and oxygen atoms in total. The maximum Gasteiger partial charge on any atom is 0.167 e. The number of phenolic OH excluding ortho intramolecular Hbond substituents is 1. The van der Waals surface area contributed by atoms with E-state index in [1.165, 1.54) is 6.07 Å². The van der Waals surface area contributed by atoms with E-state index in [4.69, 9.17) is 4.74 Å². The lowest BCUT2D eigenvalue weighted by Crippen LogP contribution is -2.02. The van der Waals surface area contributed by atoms with Gasteiger partial charge in [-0.2, -0.15) is 0 Å². The lowest BCUT2D eigenvalue weighted by Gasteiger charge is -2.10. The zero-order valence-corrected chi connectivity index (χ0v) is 17.1. The molecule has 0 saturated carbocycles. The van der Waals surface area contributed by atoms with Gasteiger partial charge >= 0.3 is 0 Å². The van der Waals surface area contributed by atoms with Crippen LogP contribution in [0.3, 0.4) is 0 Å². The van der Waals surface area contributed by atoms with E-state index >= 15 is 0 Å². The van der Waals surface area contributed by atoms with E-state index in [9.17, 15) is 5.11 Å². The molecule has 0 bridgehead atoms. The van der Waals surface area contributed by atoms with Crippen molar-refractivity contribution in [3.05, 3.63) is 97.9 Å². The molecule has 0 aliphatic rings. The molecule has 0 fully saturated rings. The average molecular weight is 407 g/mol. The van der Waals surface area contributed by atoms with Gasteiger partial charge in [0.2, 0.25) is 0 Å². The summed E-state index contributed by atoms with van der Waals surface area (Å²) in [6, 6.07) is 23.1. The van der Waals surface area contributed by atoms with Gasteiger partial charge < -0.3 is 9.84 Å². The Labute approximate surface area is 181 Å². The van der Waals surface area contributed by atoms with Crippen molar-refractivity contribution in [1.29, 1.82) is 0 Å². The molecule has 0 unspecified atom stereocenters. The van der Waals surface area contributed by atoms with E-state index in [0.717, 1.165) is 16.7 Å². The minimum Gasteiger partial charge on any atom is -0.507 e. The Morgan fingerprint density at radius 1 is 0.839 bits per heavy atom. The summed E-state index contributed by atoms with van der Waals surface area (Å²) < 4.78 is 5.17. The lowest BCUT2D eigenvalue weighted by atomic mass is 10.0. The predicted molar refractivity (Wildman–Crippen MR) is 124 cm³/mol. The Morgan fingerprint density at radius 2 is 1.48 bits per heavy atom. The zero-order chi connectivity index (χ0) is 21.8. The molecular formula is C26H21N3O2. The maximum atomic E-state index is 10.5. The van der Waals surface area contributed by atoms with Crippen LogP contribution in [0.2, 0.25) is 0 Å². The summed E-state index contributed by atoms with van der Waals surface area (Å²) >= 11 is 0. The Morgan fingerprint density at radius 3 is 2.13 bits per heavy atom. The van der Waals surface area contributed by atoms with Gasteiger partial charge in [0, 0.05) is 17.2 Å². The Bertz CT molecular complexity index is 1250. The van der Waals surface area contributed by atoms with Gasteiger partial charge in [0.25, 0.3) is 0 Å². The molecule has 0 aliphatic heterocycles. The van der Waals surface area contributed by atoms with Crippen molar-refractivity contribution in [2.75, 3.05) is 7.11 Å². The first-order valence-electron chi connectivity index (χ1n) is 9.70. The van der Waals surface area contributed by atoms with Crippen molar-refractivity contribution in [3.8, 4) is 45.4 Å². The fraction of sp³-hybridized carbons (Fsp3) is 0.0385. The second-order valence-electron chi connectivity index (χ2n) is 6.86. The van der Waals surface area contributed by atoms with Gasteiger partial charge in [0.15, 0.2) is 17.5 Å². The summed E-state index contributed by atoms with van der Waals surface area (Å²) in [5.41, 5.74) is 4.10. The first-order valence-corrected chi connectivity index (χ1v) is 9.70. The molecule has 0 atom stereocenters. The summed E-state index contributed by atoms with van der Waals surface area (Å²) in [5, 5.41) is 10.5. The standard InChI is InChI=1S/C26H21N3O2/c1-4-17(2)24-27-25(20-12-10-19(11-13-20)18-8-6-5-7-9-18)29-26(28-24)22-15-14-21(31-3)16-23(22)30/h4-16,30H,1-2H2,3H3. The van der Waals surface area contributed by atoms with Crippen molar-refractivity contribution < 1.29 is 9.84 Å². The number of methoxy groups -OCH3 is 1. The Kier molecular flexibility index (Phi) is 5.58. The molecular weight excluding hydrogens is 386 g/mol. The first kappa shape index (κ1) is 20.0. The van der Waals surface area contributed by atoms with Crippen LogP contribution in [0.15, 0.2) is 92.0 Å². The fourth-order valence-electron chi connectivity index (χ4n) is 3.13. The number of hydrogen-bond donors (Lipinski definition) is 1. The summed E-state index contributed by atoms with van der Waals surface area (Å²) in [7, 11) is 1.54. The minimum atomic E-state index is 0.0195. The largest absolute Gasteiger partial charge is 0.507 e. The molecule has 0 amide bonds. The molecule has 1 aromatic heterocycles. The molecule has 3 aromatic carbocycles. The van der Waals surface area contributed by atoms with E-state index in [0.29, 0.717) is 34.4 Å². The number of allylic oxidation sites excluding steroid dienone is 2. The van der Waals surface area contributed by atoms with Crippen molar-refractivity contribution >= 4 is 5.57 Å². The molecule has 0 saturated heterocycles. The minimum absolute atomic E-state index is 0.0195. The molecule has 4 rings (SSSR count). The van der Waals surface area contributed by atoms with Crippen LogP contribution < -0.4 is 4.74 Å². The highest BCUT2D eigenvalue weighted by Gasteiger charge is 2.15. The summed E-state index contributed by atoms with van der Waals surface area (Å²) in [4.78, 5) is 13.7. The van der Waals surface area contributed by atoms with Crippen LogP contribution in [0.1, 0.15) is 5.82 Å². The van der Waals surface area contributed by atoms with Crippen LogP contribution in [0.5, 0.6) is 11.5 Å². The topological polar surface area (TPSA) is 68.1 Å². The number of benzene rings is 3. The number of rotatable bonds is 6. The van der Waals surface area contributed by atoms with E-state index in [1.807, 2.05) is 42.5 Å². The quantitative estimate of drug-likeness (QED) is 0.410. The molecule has 152 valence electrons. The number of aromatic hydroxyl groups is 1. The highest BCUT2D eigenvalue weighted by molar-refractivity contribution is 5.73. The monoisotopic (exact) mass is 407 g/mol. The van der Waals surface area contributed by atoms with E-state index in [2.05, 4.69) is 40.2 Å². The smallest absolute Gasteiger partial charge is 0.167 e. The summed E-state index contributed by atoms with van der Waals surface area (Å²) in [6.45, 7) is 7.72. The van der Waals surface area contributed by atoms with Gasteiger partial charge in [-0.1, -0.05) is 73.8 Å². The van der Waals surface area contributed by atoms with E-state index in [-0.39, 0.29) is 5.75 Å². The second-order valence-corrected chi connectivity index (χ2v) is 6.86. The number of nitrogens with zero attached hydrogens (tertiary/aromatic N) is 3. The third-order valence-electron chi connectivity index (χ3n) is 4.87. The van der Waals surface area contributed by atoms with Crippen molar-refractivity contribution in [2.45, 2.75) is 0 Å². The van der Waals surface area contributed by atoms with Crippen molar-refractivity contribution in [2.24, 2.45) is 0 Å². The fourth-order valence-corrected chi connectivity index (χ4v) is 3.13. The van der Waals surface area contributed by atoms with Crippen molar-refractivity contribution in [1.82, 2.24) is 15.0 Å². The third kappa shape index (κ3) is 4.21. The lowest BCUT2D eigenvalue weighted by molar-refractivity contribution is 0.408. The number of aromatic nitrogens is 3. The molecule has 1 N–H and O–H groups in total. The highest BCUT2D eigenvalue weighted by Crippen LogP contribution is 2.32. The van der Waals surface area contributed by atoms with Crippen LogP contribution >= 0.6 is 0 Å². The zero-order valence-electron chi connectivity index (χ0n) is 17.1. The Balaban J connectivity index is 1.80. The van der Waals surface area contributed by atoms with Crippen LogP contribution in [-0.4, -0.2) is 27.2 Å². The maximum absolute atomic E-state index is 10.5. The van der Waals surface area contributed by atoms with Gasteiger partial charge in [0.05, 0.1) is 12.7 Å². The Hall–Kier alpha value is -4.25. The molecule has 5 heteroatoms. The number of hydrogen-bond acceptors (Lipinski definition) is 5. The van der Waals surface area contributed by atoms with Gasteiger partial charge in [-0.25, -0.2) is 15.0 Å². The molecule has 31 heavy (non-hydrogen) atoms. The van der Waals surface area contributed by atoms with Crippen LogP contribution in [0.4, 0.5) is 0 Å². The number of phenols is 1. The molecule has 0 aliphatic carbocycles. The second kappa shape index (κ2) is 8.63. The molecule has 0 radical (unpaired) electrons. The van der Waals surface area contributed by atoms with Gasteiger partial charge in [-0.05, 0) is 23.3 Å². The van der Waals surface area contributed by atoms with Gasteiger partial charge in [-0.3, -0.25) is 0 Å². The third-order valence-corrected chi connectivity index (χ3v) is 4.87. The van der Waals surface area contributed by atoms with Crippen LogP contribution in [0, 0.1) is 0 Å². The summed E-state index contributed by atoms with van der Waals surface area (Å²) in [5.74, 6) is 1.79. The first-order chi connectivity index (χ1) is 15.1.